The van der Waals surface area contributed by atoms with Crippen molar-refractivity contribution in [2.24, 2.45) is 0 Å². The third kappa shape index (κ3) is 2.75. The Balaban J connectivity index is 2.49. The van der Waals surface area contributed by atoms with Gasteiger partial charge in [0.25, 0.3) is 0 Å². The quantitative estimate of drug-likeness (QED) is 0.448. The molecule has 1 aliphatic rings. The highest BCUT2D eigenvalue weighted by Gasteiger charge is 2.30. The van der Waals surface area contributed by atoms with E-state index in [0.29, 0.717) is 0 Å². The summed E-state index contributed by atoms with van der Waals surface area (Å²) >= 11 is 0. The van der Waals surface area contributed by atoms with Crippen LogP contribution in [0.5, 0.6) is 0 Å². The fourth-order valence-electron chi connectivity index (χ4n) is 0.768. The number of terminal acetylenes is 1. The second kappa shape index (κ2) is 4.82. The zero-order chi connectivity index (χ0) is 10.4. The van der Waals surface area contributed by atoms with Crippen LogP contribution in [-0.4, -0.2) is 30.1 Å². The normalized spacial score (nSPS) is 20.0. The molecular formula is C10H6O4. The lowest BCUT2D eigenvalue weighted by atomic mass is 10.2. The fraction of sp³-hybridized carbons (Fsp3) is 0.300. The summed E-state index contributed by atoms with van der Waals surface area (Å²) in [5.41, 5.74) is 0. The van der Waals surface area contributed by atoms with Gasteiger partial charge in [-0.15, -0.1) is 6.42 Å². The topological polar surface area (TPSA) is 55.8 Å². The van der Waals surface area contributed by atoms with Crippen LogP contribution in [0, 0.1) is 36.0 Å². The van der Waals surface area contributed by atoms with Gasteiger partial charge < -0.3 is 14.6 Å². The van der Waals surface area contributed by atoms with E-state index in [1.54, 1.807) is 0 Å². The van der Waals surface area contributed by atoms with Crippen molar-refractivity contribution in [2.45, 2.75) is 12.2 Å². The van der Waals surface area contributed by atoms with Gasteiger partial charge in [-0.25, -0.2) is 4.79 Å². The first kappa shape index (κ1) is 9.99. The molecule has 0 spiro atoms. The summed E-state index contributed by atoms with van der Waals surface area (Å²) in [6.07, 6.45) is 2.19. The Bertz CT molecular complexity index is 382. The molecule has 1 heterocycles. The summed E-state index contributed by atoms with van der Waals surface area (Å²) in [7, 11) is 0. The van der Waals surface area contributed by atoms with Crippen LogP contribution in [0.4, 0.5) is 4.79 Å². The number of hydrogen-bond donors (Lipinski definition) is 1. The number of aliphatic hydroxyl groups excluding tert-OH is 1. The number of hydrogen-bond acceptors (Lipinski definition) is 4. The van der Waals surface area contributed by atoms with E-state index in [0.717, 1.165) is 0 Å². The maximum absolute atomic E-state index is 10.5. The zero-order valence-electron chi connectivity index (χ0n) is 7.11. The monoisotopic (exact) mass is 190 g/mol. The molecule has 2 atom stereocenters. The van der Waals surface area contributed by atoms with Gasteiger partial charge in [-0.3, -0.25) is 0 Å². The molecule has 0 aromatic rings. The standard InChI is InChI=1S/C10H6O4/c1-2-3-4-5-6-8(11)9-7-13-10(12)14-9/h1,8-9,11H,7H2. The molecule has 0 aromatic carbocycles. The lowest BCUT2D eigenvalue weighted by Gasteiger charge is -2.06. The highest BCUT2D eigenvalue weighted by Crippen LogP contribution is 2.09. The Morgan fingerprint density at radius 3 is 2.86 bits per heavy atom. The molecule has 14 heavy (non-hydrogen) atoms. The van der Waals surface area contributed by atoms with Crippen LogP contribution in [-0.2, 0) is 9.47 Å². The highest BCUT2D eigenvalue weighted by atomic mass is 16.8. The minimum Gasteiger partial charge on any atom is -0.430 e. The molecule has 0 aliphatic carbocycles. The van der Waals surface area contributed by atoms with Crippen molar-refractivity contribution >= 4 is 6.16 Å². The first-order valence-electron chi connectivity index (χ1n) is 3.71. The minimum absolute atomic E-state index is 0.00273. The number of carbonyl (C=O) groups is 1. The van der Waals surface area contributed by atoms with E-state index in [2.05, 4.69) is 39.1 Å². The molecule has 1 saturated heterocycles. The molecule has 0 amide bonds. The smallest absolute Gasteiger partial charge is 0.430 e. The van der Waals surface area contributed by atoms with E-state index in [-0.39, 0.29) is 6.61 Å². The van der Waals surface area contributed by atoms with Gasteiger partial charge in [-0.05, 0) is 23.7 Å². The molecule has 0 aromatic heterocycles. The molecule has 1 aliphatic heterocycles. The number of rotatable bonds is 1. The number of ether oxygens (including phenoxy) is 2. The Morgan fingerprint density at radius 2 is 2.29 bits per heavy atom. The van der Waals surface area contributed by atoms with Gasteiger partial charge in [-0.1, -0.05) is 5.92 Å². The molecule has 1 N–H and O–H groups in total. The van der Waals surface area contributed by atoms with Gasteiger partial charge in [0, 0.05) is 0 Å². The molecule has 1 rings (SSSR count). The van der Waals surface area contributed by atoms with Crippen LogP contribution in [0.25, 0.3) is 0 Å². The molecule has 70 valence electrons. The predicted molar refractivity (Wildman–Crippen MR) is 46.6 cm³/mol. The van der Waals surface area contributed by atoms with Crippen molar-refractivity contribution in [1.82, 2.24) is 0 Å². The zero-order valence-corrected chi connectivity index (χ0v) is 7.11. The van der Waals surface area contributed by atoms with Crippen LogP contribution in [0.3, 0.4) is 0 Å². The lowest BCUT2D eigenvalue weighted by molar-refractivity contribution is 0.0635. The van der Waals surface area contributed by atoms with E-state index in [1.165, 1.54) is 0 Å². The SMILES string of the molecule is C#CC#CC#CC(O)C1COC(=O)O1. The van der Waals surface area contributed by atoms with Gasteiger partial charge in [0.2, 0.25) is 0 Å². The third-order valence-electron chi connectivity index (χ3n) is 1.38. The Kier molecular flexibility index (Phi) is 3.44. The van der Waals surface area contributed by atoms with Crippen molar-refractivity contribution in [3.8, 4) is 36.0 Å². The molecule has 4 heteroatoms. The number of carbonyl (C=O) groups excluding carboxylic acids is 1. The van der Waals surface area contributed by atoms with Gasteiger partial charge in [-0.2, -0.15) is 0 Å². The summed E-state index contributed by atoms with van der Waals surface area (Å²) in [4.78, 5) is 10.5. The van der Waals surface area contributed by atoms with Crippen molar-refractivity contribution in [1.29, 1.82) is 0 Å². The van der Waals surface area contributed by atoms with Gasteiger partial charge in [0.1, 0.15) is 6.61 Å². The van der Waals surface area contributed by atoms with Crippen LogP contribution >= 0.6 is 0 Å². The van der Waals surface area contributed by atoms with E-state index >= 15 is 0 Å². The van der Waals surface area contributed by atoms with Gasteiger partial charge in [0.05, 0.1) is 0 Å². The minimum atomic E-state index is -1.10. The molecular weight excluding hydrogens is 184 g/mol. The predicted octanol–water partition coefficient (Wildman–Crippen LogP) is -0.477. The van der Waals surface area contributed by atoms with E-state index in [1.807, 2.05) is 0 Å². The summed E-state index contributed by atoms with van der Waals surface area (Å²) in [6, 6.07) is 0. The van der Waals surface area contributed by atoms with E-state index in [4.69, 9.17) is 6.42 Å². The van der Waals surface area contributed by atoms with Gasteiger partial charge in [0.15, 0.2) is 12.2 Å². The number of aliphatic hydroxyl groups is 1. The van der Waals surface area contributed by atoms with E-state index < -0.39 is 18.4 Å². The highest BCUT2D eigenvalue weighted by molar-refractivity contribution is 5.62. The third-order valence-corrected chi connectivity index (χ3v) is 1.38. The average molecular weight is 190 g/mol. The van der Waals surface area contributed by atoms with Crippen molar-refractivity contribution in [2.75, 3.05) is 6.61 Å². The maximum atomic E-state index is 10.5. The Labute approximate surface area is 81.2 Å². The second-order valence-electron chi connectivity index (χ2n) is 2.33. The summed E-state index contributed by atoms with van der Waals surface area (Å²) in [6.45, 7) is -0.00273. The van der Waals surface area contributed by atoms with E-state index in [9.17, 15) is 9.90 Å². The molecule has 2 unspecified atom stereocenters. The first-order valence-corrected chi connectivity index (χ1v) is 3.71. The fourth-order valence-corrected chi connectivity index (χ4v) is 0.768. The molecule has 0 radical (unpaired) electrons. The van der Waals surface area contributed by atoms with Crippen molar-refractivity contribution in [3.05, 3.63) is 0 Å². The summed E-state index contributed by atoms with van der Waals surface area (Å²) in [5.74, 6) is 11.3. The largest absolute Gasteiger partial charge is 0.508 e. The molecule has 4 nitrogen and oxygen atoms in total. The second-order valence-corrected chi connectivity index (χ2v) is 2.33. The molecule has 1 fully saturated rings. The Hall–Kier alpha value is -2.09. The van der Waals surface area contributed by atoms with Crippen LogP contribution in [0.1, 0.15) is 0 Å². The molecule has 0 bridgehead atoms. The van der Waals surface area contributed by atoms with Crippen LogP contribution in [0.15, 0.2) is 0 Å². The Morgan fingerprint density at radius 1 is 1.50 bits per heavy atom. The van der Waals surface area contributed by atoms with Crippen LogP contribution < -0.4 is 0 Å². The van der Waals surface area contributed by atoms with Crippen LogP contribution in [0.2, 0.25) is 0 Å². The molecule has 0 saturated carbocycles. The number of cyclic esters (lactones) is 2. The first-order chi connectivity index (χ1) is 6.74. The van der Waals surface area contributed by atoms with Gasteiger partial charge >= 0.3 is 6.16 Å². The average Bonchev–Trinajstić information content (AvgIpc) is 2.59. The summed E-state index contributed by atoms with van der Waals surface area (Å²) in [5, 5.41) is 9.32. The van der Waals surface area contributed by atoms with Crippen molar-refractivity contribution < 1.29 is 19.4 Å². The summed E-state index contributed by atoms with van der Waals surface area (Å²) < 4.78 is 9.03. The maximum Gasteiger partial charge on any atom is 0.508 e. The van der Waals surface area contributed by atoms with Crippen molar-refractivity contribution in [3.63, 3.8) is 0 Å². The lowest BCUT2D eigenvalue weighted by Crippen LogP contribution is -2.26.